The number of aliphatic hydroxyl groups is 1. The molecule has 1 rings (SSSR count). The van der Waals surface area contributed by atoms with Gasteiger partial charge in [0.2, 0.25) is 5.95 Å². The highest BCUT2D eigenvalue weighted by molar-refractivity contribution is 6.59. The summed E-state index contributed by atoms with van der Waals surface area (Å²) in [4.78, 5) is 7.57. The molecule has 0 bridgehead atoms. The van der Waals surface area contributed by atoms with Crippen LogP contribution in [-0.4, -0.2) is 38.4 Å². The van der Waals surface area contributed by atoms with E-state index in [0.717, 1.165) is 0 Å². The van der Waals surface area contributed by atoms with Gasteiger partial charge in [0, 0.05) is 6.20 Å². The van der Waals surface area contributed by atoms with Gasteiger partial charge in [-0.05, 0) is 33.8 Å². The molecule has 6 nitrogen and oxygen atoms in total. The zero-order valence-electron chi connectivity index (χ0n) is 10.5. The lowest BCUT2D eigenvalue weighted by Crippen LogP contribution is -2.53. The van der Waals surface area contributed by atoms with E-state index in [4.69, 9.17) is 10.4 Å². The van der Waals surface area contributed by atoms with E-state index in [2.05, 4.69) is 9.97 Å². The van der Waals surface area contributed by atoms with Crippen LogP contribution in [0.25, 0.3) is 0 Å². The second-order valence-electron chi connectivity index (χ2n) is 4.88. The van der Waals surface area contributed by atoms with E-state index >= 15 is 0 Å². The Morgan fingerprint density at radius 2 is 1.94 bits per heavy atom. The van der Waals surface area contributed by atoms with E-state index in [9.17, 15) is 10.1 Å². The Bertz CT molecular complexity index is 393. The molecule has 1 aromatic heterocycles. The molecule has 0 radical (unpaired) electrons. The van der Waals surface area contributed by atoms with Gasteiger partial charge in [-0.25, -0.2) is 9.97 Å². The minimum Gasteiger partial charge on any atom is -0.422 e. The molecule has 0 atom stereocenters. The maximum absolute atomic E-state index is 9.90. The maximum atomic E-state index is 9.90. The normalized spacial score (nSPS) is 12.6. The molecule has 0 fully saturated rings. The average Bonchev–Trinajstić information content (AvgIpc) is 2.15. The molecular formula is C10H18BN3O3. The fourth-order valence-corrected chi connectivity index (χ4v) is 1.01. The fourth-order valence-electron chi connectivity index (χ4n) is 1.01. The first-order chi connectivity index (χ1) is 7.63. The zero-order valence-corrected chi connectivity index (χ0v) is 10.5. The third-order valence-electron chi connectivity index (χ3n) is 2.83. The van der Waals surface area contributed by atoms with Gasteiger partial charge in [0.1, 0.15) is 0 Å². The van der Waals surface area contributed by atoms with Crippen LogP contribution in [-0.2, 0) is 4.65 Å². The lowest BCUT2D eigenvalue weighted by molar-refractivity contribution is -0.0983. The van der Waals surface area contributed by atoms with Crippen molar-refractivity contribution in [3.05, 3.63) is 12.3 Å². The van der Waals surface area contributed by atoms with Gasteiger partial charge in [0.05, 0.1) is 16.8 Å². The highest BCUT2D eigenvalue weighted by Gasteiger charge is 2.39. The molecule has 0 amide bonds. The van der Waals surface area contributed by atoms with Crippen molar-refractivity contribution in [1.29, 1.82) is 0 Å². The molecule has 4 N–H and O–H groups in total. The Labute approximate surface area is 101 Å². The van der Waals surface area contributed by atoms with Crippen LogP contribution in [0.5, 0.6) is 0 Å². The third kappa shape index (κ3) is 3.39. The number of nitrogens with zero attached hydrogens (tertiary/aromatic N) is 2. The van der Waals surface area contributed by atoms with Crippen molar-refractivity contribution in [1.82, 2.24) is 9.97 Å². The molecule has 17 heavy (non-hydrogen) atoms. The number of aromatic nitrogens is 2. The number of anilines is 1. The molecule has 1 heterocycles. The predicted molar refractivity (Wildman–Crippen MR) is 65.5 cm³/mol. The molecule has 0 spiro atoms. The smallest absolute Gasteiger partial charge is 0.422 e. The van der Waals surface area contributed by atoms with Crippen LogP contribution in [0.3, 0.4) is 0 Å². The quantitative estimate of drug-likeness (QED) is 0.601. The number of rotatable bonds is 4. The number of nitrogens with two attached hydrogens (primary N) is 1. The Balaban J connectivity index is 2.83. The molecule has 0 aromatic carbocycles. The second kappa shape index (κ2) is 4.60. The van der Waals surface area contributed by atoms with Gasteiger partial charge in [-0.3, -0.25) is 0 Å². The first kappa shape index (κ1) is 13.9. The lowest BCUT2D eigenvalue weighted by Gasteiger charge is -2.38. The van der Waals surface area contributed by atoms with E-state index in [-0.39, 0.29) is 11.5 Å². The van der Waals surface area contributed by atoms with E-state index < -0.39 is 18.3 Å². The van der Waals surface area contributed by atoms with Gasteiger partial charge >= 0.3 is 7.12 Å². The summed E-state index contributed by atoms with van der Waals surface area (Å²) < 4.78 is 5.40. The van der Waals surface area contributed by atoms with Crippen LogP contribution < -0.4 is 11.3 Å². The molecule has 94 valence electrons. The number of nitrogen functional groups attached to an aromatic ring is 1. The van der Waals surface area contributed by atoms with Crippen molar-refractivity contribution in [2.45, 2.75) is 38.9 Å². The molecule has 0 saturated heterocycles. The summed E-state index contributed by atoms with van der Waals surface area (Å²) in [5.41, 5.74) is 3.62. The first-order valence-electron chi connectivity index (χ1n) is 5.30. The Hall–Kier alpha value is -1.18. The average molecular weight is 239 g/mol. The molecule has 1 aromatic rings. The SMILES string of the molecule is CC(C)(O)C(C)(C)OB(O)c1ccnc(N)n1. The van der Waals surface area contributed by atoms with Gasteiger partial charge in [-0.15, -0.1) is 0 Å². The molecule has 0 aliphatic rings. The largest absolute Gasteiger partial charge is 0.511 e. The van der Waals surface area contributed by atoms with Crippen molar-refractivity contribution in [3.8, 4) is 0 Å². The molecule has 0 unspecified atom stereocenters. The Morgan fingerprint density at radius 3 is 2.41 bits per heavy atom. The minimum atomic E-state index is -1.26. The summed E-state index contributed by atoms with van der Waals surface area (Å²) in [6, 6.07) is 1.50. The maximum Gasteiger partial charge on any atom is 0.511 e. The van der Waals surface area contributed by atoms with E-state index in [1.54, 1.807) is 27.7 Å². The van der Waals surface area contributed by atoms with Crippen molar-refractivity contribution >= 4 is 18.7 Å². The van der Waals surface area contributed by atoms with E-state index in [0.29, 0.717) is 0 Å². The van der Waals surface area contributed by atoms with Crippen LogP contribution in [0.4, 0.5) is 5.95 Å². The van der Waals surface area contributed by atoms with Gasteiger partial charge in [-0.2, -0.15) is 0 Å². The summed E-state index contributed by atoms with van der Waals surface area (Å²) in [6.45, 7) is 6.57. The summed E-state index contributed by atoms with van der Waals surface area (Å²) in [6.07, 6.45) is 1.43. The summed E-state index contributed by atoms with van der Waals surface area (Å²) in [7, 11) is -1.26. The van der Waals surface area contributed by atoms with Crippen LogP contribution in [0.1, 0.15) is 27.7 Å². The number of hydrogen-bond donors (Lipinski definition) is 3. The summed E-state index contributed by atoms with van der Waals surface area (Å²) in [5.74, 6) is 0.0613. The molecule has 0 aliphatic carbocycles. The van der Waals surface area contributed by atoms with Crippen molar-refractivity contribution < 1.29 is 14.8 Å². The highest BCUT2D eigenvalue weighted by atomic mass is 16.5. The number of hydrogen-bond acceptors (Lipinski definition) is 6. The van der Waals surface area contributed by atoms with Crippen LogP contribution in [0, 0.1) is 0 Å². The lowest BCUT2D eigenvalue weighted by atomic mass is 9.80. The van der Waals surface area contributed by atoms with Gasteiger partial charge in [-0.1, -0.05) is 0 Å². The first-order valence-corrected chi connectivity index (χ1v) is 5.30. The van der Waals surface area contributed by atoms with Crippen LogP contribution in [0.15, 0.2) is 12.3 Å². The topological polar surface area (TPSA) is 101 Å². The minimum absolute atomic E-state index is 0.0613. The van der Waals surface area contributed by atoms with E-state index in [1.807, 2.05) is 0 Å². The van der Waals surface area contributed by atoms with Crippen molar-refractivity contribution in [3.63, 3.8) is 0 Å². The molecule has 0 saturated carbocycles. The Kier molecular flexibility index (Phi) is 3.76. The van der Waals surface area contributed by atoms with Gasteiger partial charge in [0.25, 0.3) is 0 Å². The van der Waals surface area contributed by atoms with Crippen LogP contribution >= 0.6 is 0 Å². The molecule has 0 aliphatic heterocycles. The monoisotopic (exact) mass is 239 g/mol. The molecular weight excluding hydrogens is 221 g/mol. The van der Waals surface area contributed by atoms with Crippen molar-refractivity contribution in [2.75, 3.05) is 5.73 Å². The standard InChI is InChI=1S/C10H18BN3O3/c1-9(2,15)10(3,4)17-11(16)7-5-6-13-8(12)14-7/h5-6,15-16H,1-4H3,(H2,12,13,14). The zero-order chi connectivity index (χ0) is 13.3. The second-order valence-corrected chi connectivity index (χ2v) is 4.88. The fraction of sp³-hybridized carbons (Fsp3) is 0.600. The van der Waals surface area contributed by atoms with E-state index in [1.165, 1.54) is 12.3 Å². The third-order valence-corrected chi connectivity index (χ3v) is 2.83. The Morgan fingerprint density at radius 1 is 1.35 bits per heavy atom. The predicted octanol–water partition coefficient (Wildman–Crippen LogP) is -0.688. The van der Waals surface area contributed by atoms with Crippen LogP contribution in [0.2, 0.25) is 0 Å². The summed E-state index contributed by atoms with van der Waals surface area (Å²) in [5, 5.41) is 19.8. The highest BCUT2D eigenvalue weighted by Crippen LogP contribution is 2.25. The molecule has 7 heteroatoms. The summed E-state index contributed by atoms with van der Waals surface area (Å²) >= 11 is 0. The van der Waals surface area contributed by atoms with Gasteiger partial charge in [0.15, 0.2) is 0 Å². The van der Waals surface area contributed by atoms with Gasteiger partial charge < -0.3 is 20.5 Å². The van der Waals surface area contributed by atoms with Crippen molar-refractivity contribution in [2.24, 2.45) is 0 Å².